The summed E-state index contributed by atoms with van der Waals surface area (Å²) in [6.07, 6.45) is 4.23. The first kappa shape index (κ1) is 20.0. The van der Waals surface area contributed by atoms with E-state index in [2.05, 4.69) is 20.3 Å². The molecular formula is C24H23N5O3. The number of ether oxygens (including phenoxy) is 1. The zero-order chi connectivity index (χ0) is 22.1. The average molecular weight is 429 g/mol. The van der Waals surface area contributed by atoms with Crippen molar-refractivity contribution in [1.29, 1.82) is 0 Å². The molecule has 0 radical (unpaired) electrons. The van der Waals surface area contributed by atoms with Crippen molar-refractivity contribution >= 4 is 28.4 Å². The van der Waals surface area contributed by atoms with Gasteiger partial charge in [0.15, 0.2) is 5.82 Å². The SMILES string of the molecule is CN1CCC(C2=NC=CNC2Oc2ccc(C(=O)c3nc4ccccc4[nH]3)cc2)CC1=O. The fourth-order valence-corrected chi connectivity index (χ4v) is 4.03. The summed E-state index contributed by atoms with van der Waals surface area (Å²) in [4.78, 5) is 38.7. The Bertz CT molecular complexity index is 1190. The Kier molecular flexibility index (Phi) is 5.18. The van der Waals surface area contributed by atoms with Crippen molar-refractivity contribution in [1.82, 2.24) is 20.2 Å². The maximum atomic E-state index is 12.8. The Morgan fingerprint density at radius 2 is 1.97 bits per heavy atom. The van der Waals surface area contributed by atoms with E-state index in [9.17, 15) is 9.59 Å². The largest absolute Gasteiger partial charge is 0.465 e. The van der Waals surface area contributed by atoms with Crippen LogP contribution < -0.4 is 10.1 Å². The summed E-state index contributed by atoms with van der Waals surface area (Å²) >= 11 is 0. The van der Waals surface area contributed by atoms with Gasteiger partial charge in [-0.1, -0.05) is 12.1 Å². The molecule has 0 aliphatic carbocycles. The van der Waals surface area contributed by atoms with Gasteiger partial charge in [-0.3, -0.25) is 14.6 Å². The van der Waals surface area contributed by atoms with E-state index in [1.807, 2.05) is 31.3 Å². The summed E-state index contributed by atoms with van der Waals surface area (Å²) in [5.74, 6) is 0.880. The van der Waals surface area contributed by atoms with Crippen LogP contribution in [0.25, 0.3) is 11.0 Å². The first-order valence-electron chi connectivity index (χ1n) is 10.6. The Morgan fingerprint density at radius 3 is 2.75 bits per heavy atom. The Labute approximate surface area is 185 Å². The van der Waals surface area contributed by atoms with E-state index in [-0.39, 0.29) is 17.6 Å². The van der Waals surface area contributed by atoms with Crippen LogP contribution in [0.3, 0.4) is 0 Å². The minimum absolute atomic E-state index is 0.0371. The van der Waals surface area contributed by atoms with Crippen molar-refractivity contribution in [3.63, 3.8) is 0 Å². The van der Waals surface area contributed by atoms with Crippen LogP contribution in [0.5, 0.6) is 5.75 Å². The van der Waals surface area contributed by atoms with E-state index in [1.165, 1.54) is 0 Å². The highest BCUT2D eigenvalue weighted by Crippen LogP contribution is 2.24. The minimum Gasteiger partial charge on any atom is -0.465 e. The smallest absolute Gasteiger partial charge is 0.228 e. The van der Waals surface area contributed by atoms with Crippen LogP contribution in [-0.2, 0) is 4.79 Å². The van der Waals surface area contributed by atoms with Crippen molar-refractivity contribution in [3.8, 4) is 5.75 Å². The predicted molar refractivity (Wildman–Crippen MR) is 120 cm³/mol. The predicted octanol–water partition coefficient (Wildman–Crippen LogP) is 2.88. The zero-order valence-corrected chi connectivity index (χ0v) is 17.6. The van der Waals surface area contributed by atoms with Crippen molar-refractivity contribution in [2.75, 3.05) is 13.6 Å². The first-order valence-corrected chi connectivity index (χ1v) is 10.6. The standard InChI is InChI=1S/C24H23N5O3/c1-29-13-10-16(14-20(29)30)21-24(26-12-11-25-21)32-17-8-6-15(7-9-17)22(31)23-27-18-4-2-3-5-19(18)28-23/h2-9,11-12,16,24,26H,10,13-14H2,1H3,(H,27,28). The van der Waals surface area contributed by atoms with Gasteiger partial charge in [-0.2, -0.15) is 0 Å². The van der Waals surface area contributed by atoms with Crippen molar-refractivity contribution in [3.05, 3.63) is 72.3 Å². The zero-order valence-electron chi connectivity index (χ0n) is 17.6. The van der Waals surface area contributed by atoms with E-state index < -0.39 is 6.23 Å². The first-order chi connectivity index (χ1) is 15.6. The second-order valence-electron chi connectivity index (χ2n) is 8.00. The highest BCUT2D eigenvalue weighted by Gasteiger charge is 2.32. The molecule has 1 fully saturated rings. The van der Waals surface area contributed by atoms with Gasteiger partial charge < -0.3 is 19.9 Å². The fraction of sp³-hybridized carbons (Fsp3) is 0.250. The number of H-pyrrole nitrogens is 1. The molecule has 0 spiro atoms. The number of hydrogen-bond donors (Lipinski definition) is 2. The van der Waals surface area contributed by atoms with Crippen LogP contribution in [0.1, 0.15) is 29.0 Å². The molecule has 1 amide bonds. The number of likely N-dealkylation sites (tertiary alicyclic amines) is 1. The molecule has 8 nitrogen and oxygen atoms in total. The second kappa shape index (κ2) is 8.30. The maximum absolute atomic E-state index is 12.8. The molecule has 162 valence electrons. The molecule has 32 heavy (non-hydrogen) atoms. The third kappa shape index (κ3) is 3.87. The Morgan fingerprint density at radius 1 is 1.16 bits per heavy atom. The quantitative estimate of drug-likeness (QED) is 0.608. The van der Waals surface area contributed by atoms with Crippen LogP contribution in [-0.4, -0.2) is 52.1 Å². The number of aromatic amines is 1. The number of rotatable bonds is 5. The van der Waals surface area contributed by atoms with Gasteiger partial charge in [0.25, 0.3) is 0 Å². The number of carbonyl (C=O) groups excluding carboxylic acids is 2. The summed E-state index contributed by atoms with van der Waals surface area (Å²) in [6, 6.07) is 14.5. The molecular weight excluding hydrogens is 406 g/mol. The van der Waals surface area contributed by atoms with E-state index >= 15 is 0 Å². The third-order valence-electron chi connectivity index (χ3n) is 5.87. The van der Waals surface area contributed by atoms with Crippen molar-refractivity contribution < 1.29 is 14.3 Å². The van der Waals surface area contributed by atoms with Crippen molar-refractivity contribution in [2.24, 2.45) is 10.9 Å². The number of para-hydroxylation sites is 2. The Balaban J connectivity index is 1.29. The fourth-order valence-electron chi connectivity index (χ4n) is 4.03. The highest BCUT2D eigenvalue weighted by molar-refractivity contribution is 6.08. The molecule has 3 heterocycles. The van der Waals surface area contributed by atoms with Gasteiger partial charge in [0, 0.05) is 43.9 Å². The topological polar surface area (TPSA) is 99.7 Å². The number of aromatic nitrogens is 2. The van der Waals surface area contributed by atoms with Gasteiger partial charge in [-0.05, 0) is 42.8 Å². The second-order valence-corrected chi connectivity index (χ2v) is 8.00. The van der Waals surface area contributed by atoms with Crippen LogP contribution in [0.2, 0.25) is 0 Å². The summed E-state index contributed by atoms with van der Waals surface area (Å²) in [7, 11) is 1.82. The normalized spacial score (nSPS) is 20.7. The number of carbonyl (C=O) groups is 2. The number of imidazole rings is 1. The number of nitrogens with one attached hydrogen (secondary N) is 2. The summed E-state index contributed by atoms with van der Waals surface area (Å²) < 4.78 is 6.12. The van der Waals surface area contributed by atoms with Crippen LogP contribution in [0.4, 0.5) is 0 Å². The molecule has 2 aliphatic heterocycles. The lowest BCUT2D eigenvalue weighted by Crippen LogP contribution is -2.47. The number of ketones is 1. The summed E-state index contributed by atoms with van der Waals surface area (Å²) in [6.45, 7) is 0.706. The summed E-state index contributed by atoms with van der Waals surface area (Å²) in [5.41, 5.74) is 2.91. The average Bonchev–Trinajstić information content (AvgIpc) is 3.26. The van der Waals surface area contributed by atoms with Crippen LogP contribution >= 0.6 is 0 Å². The highest BCUT2D eigenvalue weighted by atomic mass is 16.5. The molecule has 2 atom stereocenters. The van der Waals surface area contributed by atoms with Gasteiger partial charge in [0.05, 0.1) is 16.7 Å². The number of piperidine rings is 1. The molecule has 1 aromatic heterocycles. The maximum Gasteiger partial charge on any atom is 0.228 e. The van der Waals surface area contributed by atoms with E-state index in [0.29, 0.717) is 30.1 Å². The van der Waals surface area contributed by atoms with Gasteiger partial charge in [-0.25, -0.2) is 4.98 Å². The molecule has 2 N–H and O–H groups in total. The lowest BCUT2D eigenvalue weighted by atomic mass is 9.90. The molecule has 3 aromatic rings. The third-order valence-corrected chi connectivity index (χ3v) is 5.87. The van der Waals surface area contributed by atoms with Crippen LogP contribution in [0.15, 0.2) is 65.9 Å². The molecule has 0 bridgehead atoms. The van der Waals surface area contributed by atoms with Gasteiger partial charge in [0.1, 0.15) is 5.75 Å². The molecule has 2 unspecified atom stereocenters. The molecule has 2 aromatic carbocycles. The molecule has 0 saturated carbocycles. The lowest BCUT2D eigenvalue weighted by molar-refractivity contribution is -0.132. The van der Waals surface area contributed by atoms with Gasteiger partial charge in [-0.15, -0.1) is 0 Å². The molecule has 8 heteroatoms. The number of amides is 1. The van der Waals surface area contributed by atoms with Gasteiger partial charge in [0.2, 0.25) is 17.9 Å². The summed E-state index contributed by atoms with van der Waals surface area (Å²) in [5, 5.41) is 3.18. The number of hydrogen-bond acceptors (Lipinski definition) is 6. The van der Waals surface area contributed by atoms with Gasteiger partial charge >= 0.3 is 0 Å². The molecule has 1 saturated heterocycles. The number of benzene rings is 2. The Hall–Kier alpha value is -3.94. The molecule has 2 aliphatic rings. The van der Waals surface area contributed by atoms with Crippen LogP contribution in [0, 0.1) is 5.92 Å². The molecule has 5 rings (SSSR count). The number of nitrogens with zero attached hydrogens (tertiary/aromatic N) is 3. The lowest BCUT2D eigenvalue weighted by Gasteiger charge is -2.33. The monoisotopic (exact) mass is 429 g/mol. The van der Waals surface area contributed by atoms with E-state index in [4.69, 9.17) is 4.74 Å². The van der Waals surface area contributed by atoms with E-state index in [0.717, 1.165) is 23.2 Å². The number of fused-ring (bicyclic) bond motifs is 1. The van der Waals surface area contributed by atoms with E-state index in [1.54, 1.807) is 41.6 Å². The van der Waals surface area contributed by atoms with Crippen molar-refractivity contribution in [2.45, 2.75) is 19.1 Å². The minimum atomic E-state index is -0.460. The number of aliphatic imine (C=N–C) groups is 1.